The van der Waals surface area contributed by atoms with Crippen LogP contribution in [-0.4, -0.2) is 0 Å². The van der Waals surface area contributed by atoms with Crippen molar-refractivity contribution in [2.24, 2.45) is 5.92 Å². The molecule has 0 aromatic heterocycles. The van der Waals surface area contributed by atoms with E-state index in [1.54, 1.807) is 0 Å². The Kier molecular flexibility index (Phi) is 3.81. The average molecular weight is 296 g/mol. The standard InChI is InChI=1S/C23H20/c1-4-10-18(11-5-1)22(19-12-6-2-7-13-19)23(21-16-17-21)20-14-8-3-9-15-20/h1-15,21H,16-17H2. The summed E-state index contributed by atoms with van der Waals surface area (Å²) in [4.78, 5) is 0. The minimum atomic E-state index is 0.688. The Morgan fingerprint density at radius 3 is 1.30 bits per heavy atom. The molecule has 0 spiro atoms. The highest BCUT2D eigenvalue weighted by Gasteiger charge is 2.30. The molecule has 23 heavy (non-hydrogen) atoms. The highest BCUT2D eigenvalue weighted by atomic mass is 14.3. The van der Waals surface area contributed by atoms with Gasteiger partial charge in [0, 0.05) is 0 Å². The van der Waals surface area contributed by atoms with Gasteiger partial charge in [-0.05, 0) is 46.6 Å². The predicted octanol–water partition coefficient (Wildman–Crippen LogP) is 6.06. The average Bonchev–Trinajstić information content (AvgIpc) is 3.47. The number of hydrogen-bond acceptors (Lipinski definition) is 0. The summed E-state index contributed by atoms with van der Waals surface area (Å²) in [7, 11) is 0. The van der Waals surface area contributed by atoms with E-state index in [1.807, 2.05) is 0 Å². The number of hydrogen-bond donors (Lipinski definition) is 0. The molecular formula is C23H20. The van der Waals surface area contributed by atoms with Crippen LogP contribution < -0.4 is 0 Å². The Labute approximate surface area is 138 Å². The van der Waals surface area contributed by atoms with Crippen molar-refractivity contribution >= 4 is 11.1 Å². The lowest BCUT2D eigenvalue weighted by molar-refractivity contribution is 1.15. The Morgan fingerprint density at radius 2 is 0.913 bits per heavy atom. The lowest BCUT2D eigenvalue weighted by Crippen LogP contribution is -1.97. The summed E-state index contributed by atoms with van der Waals surface area (Å²) in [6, 6.07) is 32.5. The van der Waals surface area contributed by atoms with E-state index in [1.165, 1.54) is 40.7 Å². The van der Waals surface area contributed by atoms with Gasteiger partial charge in [-0.2, -0.15) is 0 Å². The van der Waals surface area contributed by atoms with Crippen molar-refractivity contribution < 1.29 is 0 Å². The summed E-state index contributed by atoms with van der Waals surface area (Å²) in [6.07, 6.45) is 2.60. The first-order chi connectivity index (χ1) is 11.4. The van der Waals surface area contributed by atoms with E-state index in [0.29, 0.717) is 5.92 Å². The number of benzene rings is 3. The van der Waals surface area contributed by atoms with Gasteiger partial charge >= 0.3 is 0 Å². The maximum Gasteiger partial charge on any atom is -0.00705 e. The maximum atomic E-state index is 2.25. The largest absolute Gasteiger partial charge is 0.0622 e. The van der Waals surface area contributed by atoms with Crippen LogP contribution in [0.3, 0.4) is 0 Å². The first-order valence-corrected chi connectivity index (χ1v) is 8.34. The smallest absolute Gasteiger partial charge is 0.00705 e. The molecular weight excluding hydrogens is 276 g/mol. The Morgan fingerprint density at radius 1 is 0.522 bits per heavy atom. The van der Waals surface area contributed by atoms with Gasteiger partial charge in [-0.3, -0.25) is 0 Å². The topological polar surface area (TPSA) is 0 Å². The molecule has 0 atom stereocenters. The van der Waals surface area contributed by atoms with Gasteiger partial charge in [0.15, 0.2) is 0 Å². The van der Waals surface area contributed by atoms with E-state index in [-0.39, 0.29) is 0 Å². The van der Waals surface area contributed by atoms with E-state index in [4.69, 9.17) is 0 Å². The number of allylic oxidation sites excluding steroid dienone is 1. The van der Waals surface area contributed by atoms with Gasteiger partial charge in [0.1, 0.15) is 0 Å². The van der Waals surface area contributed by atoms with Crippen molar-refractivity contribution in [3.8, 4) is 0 Å². The quantitative estimate of drug-likeness (QED) is 0.514. The highest BCUT2D eigenvalue weighted by Crippen LogP contribution is 2.47. The molecule has 0 bridgehead atoms. The van der Waals surface area contributed by atoms with Crippen LogP contribution in [0.1, 0.15) is 29.5 Å². The van der Waals surface area contributed by atoms with E-state index in [9.17, 15) is 0 Å². The van der Waals surface area contributed by atoms with Crippen molar-refractivity contribution in [2.75, 3.05) is 0 Å². The minimum Gasteiger partial charge on any atom is -0.0622 e. The molecule has 0 heterocycles. The van der Waals surface area contributed by atoms with E-state index in [0.717, 1.165) is 0 Å². The van der Waals surface area contributed by atoms with Gasteiger partial charge in [0.05, 0.1) is 0 Å². The summed E-state index contributed by atoms with van der Waals surface area (Å²) >= 11 is 0. The van der Waals surface area contributed by atoms with Crippen LogP contribution >= 0.6 is 0 Å². The second kappa shape index (κ2) is 6.26. The summed E-state index contributed by atoms with van der Waals surface area (Å²) in [5.41, 5.74) is 6.87. The zero-order chi connectivity index (χ0) is 15.5. The first-order valence-electron chi connectivity index (χ1n) is 8.34. The van der Waals surface area contributed by atoms with Crippen LogP contribution in [0.2, 0.25) is 0 Å². The first kappa shape index (κ1) is 14.0. The molecule has 1 fully saturated rings. The van der Waals surface area contributed by atoms with E-state index >= 15 is 0 Å². The molecule has 0 saturated heterocycles. The Balaban J connectivity index is 1.99. The molecule has 0 radical (unpaired) electrons. The minimum absolute atomic E-state index is 0.688. The third-order valence-corrected chi connectivity index (χ3v) is 4.46. The van der Waals surface area contributed by atoms with Crippen molar-refractivity contribution in [2.45, 2.75) is 12.8 Å². The Hall–Kier alpha value is -2.60. The third kappa shape index (κ3) is 2.98. The van der Waals surface area contributed by atoms with Gasteiger partial charge in [-0.1, -0.05) is 91.0 Å². The van der Waals surface area contributed by atoms with Crippen molar-refractivity contribution in [3.05, 3.63) is 108 Å². The second-order valence-electron chi connectivity index (χ2n) is 6.16. The van der Waals surface area contributed by atoms with E-state index in [2.05, 4.69) is 91.0 Å². The molecule has 1 saturated carbocycles. The summed E-state index contributed by atoms with van der Waals surface area (Å²) < 4.78 is 0. The fourth-order valence-electron chi connectivity index (χ4n) is 3.26. The molecule has 0 aliphatic heterocycles. The van der Waals surface area contributed by atoms with Gasteiger partial charge in [0.2, 0.25) is 0 Å². The van der Waals surface area contributed by atoms with Crippen LogP contribution in [0, 0.1) is 5.92 Å². The van der Waals surface area contributed by atoms with Gasteiger partial charge in [-0.25, -0.2) is 0 Å². The normalized spacial score (nSPS) is 13.6. The molecule has 0 nitrogen and oxygen atoms in total. The summed E-state index contributed by atoms with van der Waals surface area (Å²) in [5.74, 6) is 0.688. The van der Waals surface area contributed by atoms with Gasteiger partial charge in [-0.15, -0.1) is 0 Å². The molecule has 112 valence electrons. The predicted molar refractivity (Wildman–Crippen MR) is 98.0 cm³/mol. The zero-order valence-electron chi connectivity index (χ0n) is 13.2. The van der Waals surface area contributed by atoms with Gasteiger partial charge < -0.3 is 0 Å². The molecule has 0 heteroatoms. The molecule has 1 aliphatic rings. The molecule has 0 N–H and O–H groups in total. The molecule has 3 aromatic rings. The maximum absolute atomic E-state index is 2.25. The van der Waals surface area contributed by atoms with Gasteiger partial charge in [0.25, 0.3) is 0 Å². The van der Waals surface area contributed by atoms with Crippen molar-refractivity contribution in [1.29, 1.82) is 0 Å². The van der Waals surface area contributed by atoms with Crippen LogP contribution in [0.25, 0.3) is 11.1 Å². The van der Waals surface area contributed by atoms with Crippen LogP contribution in [0.5, 0.6) is 0 Å². The lowest BCUT2D eigenvalue weighted by Gasteiger charge is -2.17. The molecule has 0 amide bonds. The fraction of sp³-hybridized carbons (Fsp3) is 0.130. The van der Waals surface area contributed by atoms with Crippen molar-refractivity contribution in [1.82, 2.24) is 0 Å². The van der Waals surface area contributed by atoms with Crippen LogP contribution in [0.4, 0.5) is 0 Å². The highest BCUT2D eigenvalue weighted by molar-refractivity contribution is 5.99. The summed E-state index contributed by atoms with van der Waals surface area (Å²) in [6.45, 7) is 0. The van der Waals surface area contributed by atoms with E-state index < -0.39 is 0 Å². The molecule has 3 aromatic carbocycles. The SMILES string of the molecule is c1ccc(C(=C(c2ccccc2)C2CC2)c2ccccc2)cc1. The fourth-order valence-corrected chi connectivity index (χ4v) is 3.26. The van der Waals surface area contributed by atoms with Crippen molar-refractivity contribution in [3.63, 3.8) is 0 Å². The number of rotatable bonds is 4. The van der Waals surface area contributed by atoms with Crippen LogP contribution in [-0.2, 0) is 0 Å². The summed E-state index contributed by atoms with van der Waals surface area (Å²) in [5, 5.41) is 0. The zero-order valence-corrected chi connectivity index (χ0v) is 13.2. The second-order valence-corrected chi connectivity index (χ2v) is 6.16. The van der Waals surface area contributed by atoms with Crippen LogP contribution in [0.15, 0.2) is 91.0 Å². The monoisotopic (exact) mass is 296 g/mol. The molecule has 1 aliphatic carbocycles. The molecule has 0 unspecified atom stereocenters. The third-order valence-electron chi connectivity index (χ3n) is 4.46. The Bertz CT molecular complexity index is 753. The molecule has 4 rings (SSSR count). The lowest BCUT2D eigenvalue weighted by atomic mass is 9.87.